The normalized spacial score (nSPS) is 56.6. The number of carbonyl (C=O) groups is 5. The van der Waals surface area contributed by atoms with Crippen LogP contribution in [0.3, 0.4) is 0 Å². The third kappa shape index (κ3) is 6.14. The van der Waals surface area contributed by atoms with E-state index in [2.05, 4.69) is 0 Å². The topological polar surface area (TPSA) is 263 Å². The Labute approximate surface area is 338 Å². The molecule has 56 heavy (non-hydrogen) atoms. The quantitative estimate of drug-likeness (QED) is 0.188. The molecule has 0 aromatic carbocycles. The molecule has 300 valence electrons. The fourth-order valence-corrected chi connectivity index (χ4v) is 14.4. The van der Waals surface area contributed by atoms with Gasteiger partial charge in [0.05, 0.1) is 61.0 Å². The second-order valence-corrected chi connectivity index (χ2v) is 19.4. The van der Waals surface area contributed by atoms with Crippen LogP contribution in [0.5, 0.6) is 0 Å². The molecule has 25 atom stereocenters. The van der Waals surface area contributed by atoms with Crippen LogP contribution in [0.2, 0.25) is 0 Å². The van der Waals surface area contributed by atoms with Crippen molar-refractivity contribution in [3.8, 4) is 0 Å². The molecular formula is C40H45NbO15. The maximum atomic E-state index is 10.6. The molecular weight excluding hydrogens is 813 g/mol. The predicted octanol–water partition coefficient (Wildman–Crippen LogP) is -4.20. The van der Waals surface area contributed by atoms with Crippen molar-refractivity contribution in [2.24, 2.45) is 88.8 Å². The van der Waals surface area contributed by atoms with E-state index < -0.39 is 29.8 Å². The number of hydrogen-bond acceptors (Lipinski definition) is 15. The van der Waals surface area contributed by atoms with E-state index in [-0.39, 0.29) is 112 Å². The number of carbonyl (C=O) groups excluding carboxylic acids is 5. The largest absolute Gasteiger partial charge is 5.00 e. The monoisotopic (exact) mass is 858 g/mol. The number of carboxylic acid groups (broad SMARTS) is 5. The first-order valence-corrected chi connectivity index (χ1v) is 20.7. The molecule has 16 heteroatoms. The predicted molar refractivity (Wildman–Crippen MR) is 167 cm³/mol. The number of fused-ring (bicyclic) bond motifs is 25. The molecule has 0 N–H and O–H groups in total. The van der Waals surface area contributed by atoms with E-state index in [0.29, 0.717) is 60.1 Å². The average Bonchev–Trinajstić information content (AvgIpc) is 4.16. The van der Waals surface area contributed by atoms with Crippen molar-refractivity contribution < 1.29 is 95.6 Å². The van der Waals surface area contributed by atoms with Gasteiger partial charge in [0.2, 0.25) is 0 Å². The first kappa shape index (κ1) is 38.1. The van der Waals surface area contributed by atoms with Crippen LogP contribution in [-0.2, 0) is 70.0 Å². The Morgan fingerprint density at radius 3 is 0.554 bits per heavy atom. The molecule has 10 bridgehead atoms. The van der Waals surface area contributed by atoms with Crippen LogP contribution in [0.4, 0.5) is 0 Å². The Kier molecular flexibility index (Phi) is 9.16. The summed E-state index contributed by atoms with van der Waals surface area (Å²) in [5, 5.41) is 52.9. The number of epoxide rings is 5. The first-order valence-electron chi connectivity index (χ1n) is 20.7. The Morgan fingerprint density at radius 1 is 0.286 bits per heavy atom. The first-order chi connectivity index (χ1) is 26.4. The van der Waals surface area contributed by atoms with Crippen molar-refractivity contribution in [2.75, 3.05) is 0 Å². The maximum absolute atomic E-state index is 10.6. The number of hydrogen-bond donors (Lipinski definition) is 0. The molecule has 15 nitrogen and oxygen atoms in total. The van der Waals surface area contributed by atoms with Gasteiger partial charge in [-0.1, -0.05) is 0 Å². The van der Waals surface area contributed by atoms with Crippen LogP contribution in [0.1, 0.15) is 64.2 Å². The number of carboxylic acids is 5. The van der Waals surface area contributed by atoms with E-state index in [4.69, 9.17) is 23.7 Å². The van der Waals surface area contributed by atoms with Gasteiger partial charge >= 0.3 is 22.4 Å². The van der Waals surface area contributed by atoms with Crippen molar-refractivity contribution in [3.05, 3.63) is 0 Å². The summed E-state index contributed by atoms with van der Waals surface area (Å²) < 4.78 is 26.6. The van der Waals surface area contributed by atoms with Crippen molar-refractivity contribution in [3.63, 3.8) is 0 Å². The summed E-state index contributed by atoms with van der Waals surface area (Å²) in [6, 6.07) is 0. The fourth-order valence-electron chi connectivity index (χ4n) is 14.4. The number of rotatable bonds is 5. The van der Waals surface area contributed by atoms with Gasteiger partial charge in [0.1, 0.15) is 0 Å². The van der Waals surface area contributed by atoms with E-state index in [0.717, 1.165) is 64.2 Å². The third-order valence-electron chi connectivity index (χ3n) is 17.0. The fraction of sp³-hybridized carbons (Fsp3) is 0.875. The van der Waals surface area contributed by atoms with Crippen molar-refractivity contribution in [1.82, 2.24) is 0 Å². The molecule has 5 aliphatic heterocycles. The molecule has 15 fully saturated rings. The van der Waals surface area contributed by atoms with Crippen LogP contribution in [0.25, 0.3) is 0 Å². The minimum Gasteiger partial charge on any atom is -0.550 e. The Hall–Kier alpha value is -2.11. The van der Waals surface area contributed by atoms with Crippen molar-refractivity contribution in [1.29, 1.82) is 0 Å². The molecule has 0 radical (unpaired) electrons. The van der Waals surface area contributed by atoms with Gasteiger partial charge in [-0.15, -0.1) is 0 Å². The summed E-state index contributed by atoms with van der Waals surface area (Å²) in [4.78, 5) is 52.9. The van der Waals surface area contributed by atoms with Crippen LogP contribution < -0.4 is 25.5 Å². The Morgan fingerprint density at radius 2 is 0.446 bits per heavy atom. The molecule has 5 saturated heterocycles. The number of aliphatic carboxylic acids is 5. The van der Waals surface area contributed by atoms with Gasteiger partial charge in [-0.3, -0.25) is 0 Å². The number of ether oxygens (including phenoxy) is 5. The molecule has 10 saturated carbocycles. The zero-order chi connectivity index (χ0) is 37.9. The Bertz CT molecular complexity index is 1410. The molecule has 25 unspecified atom stereocenters. The minimum atomic E-state index is -0.869. The maximum Gasteiger partial charge on any atom is 5.00 e. The molecule has 0 aromatic heterocycles. The molecule has 5 heterocycles. The minimum absolute atomic E-state index is 0. The summed E-state index contributed by atoms with van der Waals surface area (Å²) in [6.45, 7) is 0. The summed E-state index contributed by atoms with van der Waals surface area (Å²) in [5.74, 6) is -1.26. The van der Waals surface area contributed by atoms with Gasteiger partial charge in [0, 0.05) is 59.4 Å². The van der Waals surface area contributed by atoms with Crippen molar-refractivity contribution >= 4 is 29.8 Å². The van der Waals surface area contributed by atoms with E-state index in [1.807, 2.05) is 0 Å². The van der Waals surface area contributed by atoms with Crippen LogP contribution in [0.15, 0.2) is 0 Å². The molecule has 15 rings (SSSR count). The average molecular weight is 859 g/mol. The summed E-state index contributed by atoms with van der Waals surface area (Å²) in [7, 11) is 0. The SMILES string of the molecule is O=C([O-])C1CC2CC1C1OC21.O=C([O-])C1CC2CC1C1OC21.O=C([O-])C1CC2CC1C1OC21.O=C([O-])C1CC2CC1C1OC21.O=C([O-])C1CC2CC1C1OC21.[Nb+5]. The molecule has 0 aromatic rings. The van der Waals surface area contributed by atoms with E-state index >= 15 is 0 Å². The van der Waals surface area contributed by atoms with Gasteiger partial charge in [0.15, 0.2) is 0 Å². The smallest absolute Gasteiger partial charge is 0.550 e. The molecule has 10 aliphatic carbocycles. The van der Waals surface area contributed by atoms with Gasteiger partial charge in [0.25, 0.3) is 0 Å². The summed E-state index contributed by atoms with van der Waals surface area (Å²) >= 11 is 0. The van der Waals surface area contributed by atoms with Gasteiger partial charge in [-0.25, -0.2) is 0 Å². The molecule has 0 spiro atoms. The second kappa shape index (κ2) is 13.5. The van der Waals surface area contributed by atoms with Gasteiger partial charge < -0.3 is 73.2 Å². The Balaban J connectivity index is 0.0000000854. The van der Waals surface area contributed by atoms with Crippen LogP contribution in [0, 0.1) is 88.8 Å². The summed E-state index contributed by atoms with van der Waals surface area (Å²) in [5.41, 5.74) is 0. The van der Waals surface area contributed by atoms with E-state index in [1.165, 1.54) is 0 Å². The zero-order valence-electron chi connectivity index (χ0n) is 30.6. The summed E-state index contributed by atoms with van der Waals surface area (Å²) in [6.07, 6.45) is 12.9. The second-order valence-electron chi connectivity index (χ2n) is 19.4. The van der Waals surface area contributed by atoms with Crippen molar-refractivity contribution in [2.45, 2.75) is 125 Å². The van der Waals surface area contributed by atoms with E-state index in [9.17, 15) is 49.5 Å². The van der Waals surface area contributed by atoms with Crippen LogP contribution in [-0.4, -0.2) is 90.9 Å². The van der Waals surface area contributed by atoms with Crippen LogP contribution >= 0.6 is 0 Å². The van der Waals surface area contributed by atoms with Gasteiger partial charge in [-0.2, -0.15) is 0 Å². The molecule has 15 aliphatic rings. The standard InChI is InChI=1S/5C8H10O3.Nb/c5*9-8(10)5-2-3-1-4(5)7-6(3)11-7;/h5*3-7H,1-2H2,(H,9,10);/q;;;;;+5/p-5. The van der Waals surface area contributed by atoms with E-state index in [1.54, 1.807) is 0 Å². The third-order valence-corrected chi connectivity index (χ3v) is 17.0. The zero-order valence-corrected chi connectivity index (χ0v) is 32.8. The van der Waals surface area contributed by atoms with Gasteiger partial charge in [-0.05, 0) is 123 Å². The molecule has 0 amide bonds.